The van der Waals surface area contributed by atoms with E-state index >= 15 is 0 Å². The van der Waals surface area contributed by atoms with E-state index < -0.39 is 28.3 Å². The van der Waals surface area contributed by atoms with Crippen LogP contribution in [0.25, 0.3) is 0 Å². The lowest BCUT2D eigenvalue weighted by Crippen LogP contribution is -2.40. The first-order valence-electron chi connectivity index (χ1n) is 8.00. The first-order chi connectivity index (χ1) is 11.7. The molecule has 0 saturated carbocycles. The summed E-state index contributed by atoms with van der Waals surface area (Å²) in [7, 11) is -1.55. The molecule has 1 saturated heterocycles. The molecule has 1 aromatic rings. The van der Waals surface area contributed by atoms with Crippen LogP contribution in [0.5, 0.6) is 5.75 Å². The van der Waals surface area contributed by atoms with Crippen molar-refractivity contribution in [2.75, 3.05) is 31.8 Å². The summed E-state index contributed by atoms with van der Waals surface area (Å²) in [6.07, 6.45) is 0.411. The van der Waals surface area contributed by atoms with Crippen molar-refractivity contribution in [1.29, 1.82) is 0 Å². The van der Waals surface area contributed by atoms with Gasteiger partial charge in [0, 0.05) is 13.1 Å². The second-order valence-corrected chi connectivity index (χ2v) is 8.44. The summed E-state index contributed by atoms with van der Waals surface area (Å²) in [5, 5.41) is 0. The largest absolute Gasteiger partial charge is 0.482 e. The lowest BCUT2D eigenvalue weighted by atomic mass is 10.1. The number of esters is 1. The van der Waals surface area contributed by atoms with Crippen LogP contribution >= 0.6 is 0 Å². The van der Waals surface area contributed by atoms with Gasteiger partial charge in [-0.05, 0) is 37.5 Å². The Morgan fingerprint density at radius 3 is 2.60 bits per heavy atom. The molecule has 8 heteroatoms. The highest BCUT2D eigenvalue weighted by Crippen LogP contribution is 2.20. The zero-order valence-corrected chi connectivity index (χ0v) is 15.5. The quantitative estimate of drug-likeness (QED) is 0.691. The van der Waals surface area contributed by atoms with E-state index in [1.54, 1.807) is 6.07 Å². The summed E-state index contributed by atoms with van der Waals surface area (Å²) >= 11 is 0. The van der Waals surface area contributed by atoms with E-state index in [1.165, 1.54) is 11.9 Å². The second kappa shape index (κ2) is 7.86. The molecule has 0 bridgehead atoms. The van der Waals surface area contributed by atoms with Gasteiger partial charge in [0.25, 0.3) is 5.91 Å². The minimum Gasteiger partial charge on any atom is -0.482 e. The Balaban J connectivity index is 1.77. The zero-order chi connectivity index (χ0) is 18.6. The van der Waals surface area contributed by atoms with E-state index in [2.05, 4.69) is 0 Å². The summed E-state index contributed by atoms with van der Waals surface area (Å²) in [6.45, 7) is 3.11. The van der Waals surface area contributed by atoms with E-state index in [1.807, 2.05) is 26.0 Å². The van der Waals surface area contributed by atoms with Crippen LogP contribution in [0, 0.1) is 13.8 Å². The Labute approximate surface area is 147 Å². The van der Waals surface area contributed by atoms with E-state index in [4.69, 9.17) is 9.47 Å². The summed E-state index contributed by atoms with van der Waals surface area (Å²) in [5.74, 6) is -0.446. The standard InChI is InChI=1S/C17H23NO6S/c1-12-5-4-6-15(13(12)2)23-10-17(20)24-9-16(19)18(3)14-7-8-25(21,22)11-14/h4-6,14H,7-11H2,1-3H3/t14-/m1/s1. The average molecular weight is 369 g/mol. The van der Waals surface area contributed by atoms with E-state index in [0.717, 1.165) is 11.1 Å². The number of hydrogen-bond acceptors (Lipinski definition) is 6. The van der Waals surface area contributed by atoms with Gasteiger partial charge in [0.1, 0.15) is 5.75 Å². The minimum atomic E-state index is -3.07. The van der Waals surface area contributed by atoms with Crippen molar-refractivity contribution in [2.45, 2.75) is 26.3 Å². The van der Waals surface area contributed by atoms with Crippen molar-refractivity contribution in [3.8, 4) is 5.75 Å². The van der Waals surface area contributed by atoms with Gasteiger partial charge in [-0.15, -0.1) is 0 Å². The van der Waals surface area contributed by atoms with Crippen LogP contribution in [0.2, 0.25) is 0 Å². The minimum absolute atomic E-state index is 0.0427. The maximum absolute atomic E-state index is 12.0. The van der Waals surface area contributed by atoms with Crippen LogP contribution in [0.3, 0.4) is 0 Å². The molecule has 2 rings (SSSR count). The highest BCUT2D eigenvalue weighted by atomic mass is 32.2. The SMILES string of the molecule is Cc1cccc(OCC(=O)OCC(=O)N(C)[C@@H]2CCS(=O)(=O)C2)c1C. The highest BCUT2D eigenvalue weighted by Gasteiger charge is 2.32. The topological polar surface area (TPSA) is 90.0 Å². The predicted octanol–water partition coefficient (Wildman–Crippen LogP) is 0.871. The Kier molecular flexibility index (Phi) is 6.05. The lowest BCUT2D eigenvalue weighted by molar-refractivity contribution is -0.153. The van der Waals surface area contributed by atoms with Crippen LogP contribution in [-0.4, -0.2) is 63.0 Å². The third kappa shape index (κ3) is 5.19. The molecule has 0 N–H and O–H groups in total. The molecule has 1 fully saturated rings. The van der Waals surface area contributed by atoms with Crippen LogP contribution in [-0.2, 0) is 24.2 Å². The number of amides is 1. The number of carbonyl (C=O) groups is 2. The molecule has 25 heavy (non-hydrogen) atoms. The summed E-state index contributed by atoms with van der Waals surface area (Å²) in [5.41, 5.74) is 1.99. The van der Waals surface area contributed by atoms with Gasteiger partial charge in [0.15, 0.2) is 23.1 Å². The number of nitrogens with zero attached hydrogens (tertiary/aromatic N) is 1. The lowest BCUT2D eigenvalue weighted by Gasteiger charge is -2.23. The maximum Gasteiger partial charge on any atom is 0.344 e. The zero-order valence-electron chi connectivity index (χ0n) is 14.6. The van der Waals surface area contributed by atoms with Gasteiger partial charge >= 0.3 is 5.97 Å². The molecular formula is C17H23NO6S. The maximum atomic E-state index is 12.0. The van der Waals surface area contributed by atoms with Crippen molar-refractivity contribution >= 4 is 21.7 Å². The van der Waals surface area contributed by atoms with Gasteiger partial charge in [0.05, 0.1) is 11.5 Å². The molecule has 0 unspecified atom stereocenters. The van der Waals surface area contributed by atoms with Crippen LogP contribution < -0.4 is 4.74 Å². The number of aryl methyl sites for hydroxylation is 1. The fraction of sp³-hybridized carbons (Fsp3) is 0.529. The highest BCUT2D eigenvalue weighted by molar-refractivity contribution is 7.91. The number of ether oxygens (including phenoxy) is 2. The number of hydrogen-bond donors (Lipinski definition) is 0. The molecular weight excluding hydrogens is 346 g/mol. The molecule has 0 spiro atoms. The number of benzene rings is 1. The van der Waals surface area contributed by atoms with Crippen molar-refractivity contribution in [1.82, 2.24) is 4.90 Å². The fourth-order valence-electron chi connectivity index (χ4n) is 2.59. The van der Waals surface area contributed by atoms with Crippen LogP contribution in [0.1, 0.15) is 17.5 Å². The molecule has 0 radical (unpaired) electrons. The normalized spacial score (nSPS) is 18.6. The molecule has 1 atom stereocenters. The molecule has 1 amide bonds. The first-order valence-corrected chi connectivity index (χ1v) is 9.82. The van der Waals surface area contributed by atoms with Gasteiger partial charge < -0.3 is 14.4 Å². The third-order valence-electron chi connectivity index (χ3n) is 4.41. The Morgan fingerprint density at radius 1 is 1.24 bits per heavy atom. The van der Waals surface area contributed by atoms with Gasteiger partial charge in [-0.1, -0.05) is 12.1 Å². The first kappa shape index (κ1) is 19.2. The van der Waals surface area contributed by atoms with Gasteiger partial charge in [0.2, 0.25) is 0 Å². The molecule has 1 aliphatic heterocycles. The molecule has 7 nitrogen and oxygen atoms in total. The molecule has 1 aliphatic rings. The number of carbonyl (C=O) groups excluding carboxylic acids is 2. The van der Waals surface area contributed by atoms with Crippen molar-refractivity contribution in [2.24, 2.45) is 0 Å². The van der Waals surface area contributed by atoms with Crippen LogP contribution in [0.4, 0.5) is 0 Å². The third-order valence-corrected chi connectivity index (χ3v) is 6.16. The van der Waals surface area contributed by atoms with Gasteiger partial charge in [-0.2, -0.15) is 0 Å². The summed E-state index contributed by atoms with van der Waals surface area (Å²) in [4.78, 5) is 25.1. The molecule has 138 valence electrons. The predicted molar refractivity (Wildman–Crippen MR) is 92.2 cm³/mol. The van der Waals surface area contributed by atoms with E-state index in [0.29, 0.717) is 12.2 Å². The number of likely N-dealkylation sites (N-methyl/N-ethyl adjacent to an activating group) is 1. The number of rotatable bonds is 6. The molecule has 1 aromatic carbocycles. The summed E-state index contributed by atoms with van der Waals surface area (Å²) in [6, 6.07) is 5.17. The van der Waals surface area contributed by atoms with Gasteiger partial charge in [-0.25, -0.2) is 13.2 Å². The fourth-order valence-corrected chi connectivity index (χ4v) is 4.36. The Morgan fingerprint density at radius 2 is 1.96 bits per heavy atom. The van der Waals surface area contributed by atoms with Crippen molar-refractivity contribution in [3.63, 3.8) is 0 Å². The summed E-state index contributed by atoms with van der Waals surface area (Å²) < 4.78 is 33.3. The van der Waals surface area contributed by atoms with Gasteiger partial charge in [-0.3, -0.25) is 4.79 Å². The van der Waals surface area contributed by atoms with Crippen molar-refractivity contribution < 1.29 is 27.5 Å². The monoisotopic (exact) mass is 369 g/mol. The van der Waals surface area contributed by atoms with Crippen LogP contribution in [0.15, 0.2) is 18.2 Å². The van der Waals surface area contributed by atoms with Crippen molar-refractivity contribution in [3.05, 3.63) is 29.3 Å². The Hall–Kier alpha value is -2.09. The smallest absolute Gasteiger partial charge is 0.344 e. The van der Waals surface area contributed by atoms with E-state index in [-0.39, 0.29) is 24.2 Å². The average Bonchev–Trinajstić information content (AvgIpc) is 2.93. The molecule has 0 aliphatic carbocycles. The Bertz CT molecular complexity index is 758. The second-order valence-electron chi connectivity index (χ2n) is 6.21. The van der Waals surface area contributed by atoms with E-state index in [9.17, 15) is 18.0 Å². The molecule has 0 aromatic heterocycles. The number of sulfone groups is 1. The molecule has 1 heterocycles.